The lowest BCUT2D eigenvalue weighted by Gasteiger charge is -2.25. The molecule has 0 unspecified atom stereocenters. The summed E-state index contributed by atoms with van der Waals surface area (Å²) < 4.78 is 17.2. The minimum Gasteiger partial charge on any atom is -0.293 e. The summed E-state index contributed by atoms with van der Waals surface area (Å²) >= 11 is 5.84. The third-order valence-corrected chi connectivity index (χ3v) is 4.51. The fourth-order valence-corrected chi connectivity index (χ4v) is 3.00. The van der Waals surface area contributed by atoms with Gasteiger partial charge in [-0.1, -0.05) is 11.6 Å². The van der Waals surface area contributed by atoms with Crippen molar-refractivity contribution in [3.05, 3.63) is 57.6 Å². The Kier molecular flexibility index (Phi) is 3.41. The van der Waals surface area contributed by atoms with E-state index in [9.17, 15) is 9.18 Å². The van der Waals surface area contributed by atoms with E-state index >= 15 is 0 Å². The average Bonchev–Trinajstić information content (AvgIpc) is 2.88. The number of benzene rings is 1. The standard InChI is InChI=1S/C16H14ClFN4O/c17-10-6-13-15(14(18)7-10)19-9-21(16(13)23)8-11-4-5-22(20-11)12-2-1-3-12/h4-7,9,12H,1-3,8H2. The molecule has 1 saturated carbocycles. The molecular weight excluding hydrogens is 319 g/mol. The summed E-state index contributed by atoms with van der Waals surface area (Å²) in [5.41, 5.74) is 0.493. The molecule has 3 aromatic rings. The van der Waals surface area contributed by atoms with E-state index in [-0.39, 0.29) is 21.5 Å². The summed E-state index contributed by atoms with van der Waals surface area (Å²) in [4.78, 5) is 16.6. The lowest BCUT2D eigenvalue weighted by molar-refractivity contribution is 0.288. The van der Waals surface area contributed by atoms with E-state index in [1.54, 1.807) is 0 Å². The maximum absolute atomic E-state index is 13.8. The molecule has 4 rings (SSSR count). The Morgan fingerprint density at radius 1 is 1.35 bits per heavy atom. The second-order valence-electron chi connectivity index (χ2n) is 5.83. The second kappa shape index (κ2) is 5.45. The second-order valence-corrected chi connectivity index (χ2v) is 6.27. The Bertz CT molecular complexity index is 945. The lowest BCUT2D eigenvalue weighted by Crippen LogP contribution is -2.22. The van der Waals surface area contributed by atoms with Crippen molar-refractivity contribution in [1.82, 2.24) is 19.3 Å². The van der Waals surface area contributed by atoms with Crippen molar-refractivity contribution < 1.29 is 4.39 Å². The smallest absolute Gasteiger partial charge is 0.261 e. The topological polar surface area (TPSA) is 52.7 Å². The highest BCUT2D eigenvalue weighted by atomic mass is 35.5. The molecule has 5 nitrogen and oxygen atoms in total. The van der Waals surface area contributed by atoms with Crippen molar-refractivity contribution in [2.45, 2.75) is 31.8 Å². The average molecular weight is 333 g/mol. The summed E-state index contributed by atoms with van der Waals surface area (Å²) in [7, 11) is 0. The summed E-state index contributed by atoms with van der Waals surface area (Å²) in [6, 6.07) is 4.97. The van der Waals surface area contributed by atoms with E-state index in [0.717, 1.165) is 24.6 Å². The molecule has 2 heterocycles. The highest BCUT2D eigenvalue weighted by Crippen LogP contribution is 2.30. The minimum absolute atomic E-state index is 0.0376. The maximum Gasteiger partial charge on any atom is 0.261 e. The van der Waals surface area contributed by atoms with Gasteiger partial charge < -0.3 is 0 Å². The van der Waals surface area contributed by atoms with Gasteiger partial charge in [-0.3, -0.25) is 14.0 Å². The van der Waals surface area contributed by atoms with Crippen LogP contribution in [0.4, 0.5) is 4.39 Å². The van der Waals surface area contributed by atoms with E-state index in [2.05, 4.69) is 10.1 Å². The first-order valence-electron chi connectivity index (χ1n) is 7.50. The van der Waals surface area contributed by atoms with Gasteiger partial charge in [-0.2, -0.15) is 5.10 Å². The monoisotopic (exact) mass is 332 g/mol. The fraction of sp³-hybridized carbons (Fsp3) is 0.312. The number of nitrogens with zero attached hydrogens (tertiary/aromatic N) is 4. The van der Waals surface area contributed by atoms with Crippen LogP contribution in [0.2, 0.25) is 5.02 Å². The van der Waals surface area contributed by atoms with Gasteiger partial charge >= 0.3 is 0 Å². The predicted octanol–water partition coefficient (Wildman–Crippen LogP) is 3.16. The molecule has 23 heavy (non-hydrogen) atoms. The Morgan fingerprint density at radius 2 is 2.17 bits per heavy atom. The largest absolute Gasteiger partial charge is 0.293 e. The van der Waals surface area contributed by atoms with Gasteiger partial charge in [0, 0.05) is 11.2 Å². The highest BCUT2D eigenvalue weighted by molar-refractivity contribution is 6.31. The number of hydrogen-bond donors (Lipinski definition) is 0. The van der Waals surface area contributed by atoms with Gasteiger partial charge in [0.15, 0.2) is 5.82 Å². The number of hydrogen-bond acceptors (Lipinski definition) is 3. The van der Waals surface area contributed by atoms with Crippen LogP contribution in [-0.2, 0) is 6.54 Å². The SMILES string of the molecule is O=c1c2cc(Cl)cc(F)c2ncn1Cc1ccn(C2CCC2)n1. The summed E-state index contributed by atoms with van der Waals surface area (Å²) in [6.45, 7) is 0.301. The molecule has 7 heteroatoms. The van der Waals surface area contributed by atoms with E-state index in [0.29, 0.717) is 12.6 Å². The van der Waals surface area contributed by atoms with Gasteiger partial charge in [0.25, 0.3) is 5.56 Å². The number of halogens is 2. The van der Waals surface area contributed by atoms with Crippen LogP contribution in [0.5, 0.6) is 0 Å². The highest BCUT2D eigenvalue weighted by Gasteiger charge is 2.20. The van der Waals surface area contributed by atoms with Crippen molar-refractivity contribution in [1.29, 1.82) is 0 Å². The molecule has 1 fully saturated rings. The first-order chi connectivity index (χ1) is 11.1. The van der Waals surface area contributed by atoms with Gasteiger partial charge in [-0.05, 0) is 37.5 Å². The zero-order valence-corrected chi connectivity index (χ0v) is 13.0. The predicted molar refractivity (Wildman–Crippen MR) is 85.2 cm³/mol. The van der Waals surface area contributed by atoms with Crippen molar-refractivity contribution in [3.8, 4) is 0 Å². The van der Waals surface area contributed by atoms with Gasteiger partial charge in [0.05, 0.1) is 30.0 Å². The molecule has 0 aliphatic heterocycles. The van der Waals surface area contributed by atoms with E-state index in [4.69, 9.17) is 11.6 Å². The molecule has 1 aromatic carbocycles. The van der Waals surface area contributed by atoms with Gasteiger partial charge in [-0.25, -0.2) is 9.37 Å². The minimum atomic E-state index is -0.592. The number of aromatic nitrogens is 4. The molecular formula is C16H14ClFN4O. The Hall–Kier alpha value is -2.21. The quantitative estimate of drug-likeness (QED) is 0.740. The molecule has 0 spiro atoms. The van der Waals surface area contributed by atoms with Crippen molar-refractivity contribution in [2.75, 3.05) is 0 Å². The van der Waals surface area contributed by atoms with Crippen LogP contribution in [0.15, 0.2) is 35.5 Å². The van der Waals surface area contributed by atoms with Crippen molar-refractivity contribution >= 4 is 22.5 Å². The zero-order valence-electron chi connectivity index (χ0n) is 12.2. The third kappa shape index (κ3) is 2.53. The molecule has 118 valence electrons. The molecule has 0 saturated heterocycles. The number of fused-ring (bicyclic) bond motifs is 1. The Morgan fingerprint density at radius 3 is 2.91 bits per heavy atom. The van der Waals surface area contributed by atoms with Crippen LogP contribution in [0.3, 0.4) is 0 Å². The van der Waals surface area contributed by atoms with E-state index in [1.807, 2.05) is 16.9 Å². The van der Waals surface area contributed by atoms with Crippen molar-refractivity contribution in [2.24, 2.45) is 0 Å². The number of rotatable bonds is 3. The molecule has 0 bridgehead atoms. The van der Waals surface area contributed by atoms with E-state index < -0.39 is 5.82 Å². The van der Waals surface area contributed by atoms with Crippen LogP contribution in [0.25, 0.3) is 10.9 Å². The first-order valence-corrected chi connectivity index (χ1v) is 7.88. The van der Waals surface area contributed by atoms with Crippen LogP contribution in [-0.4, -0.2) is 19.3 Å². The first kappa shape index (κ1) is 14.4. The summed E-state index contributed by atoms with van der Waals surface area (Å²) in [5.74, 6) is -0.592. The molecule has 0 N–H and O–H groups in total. The maximum atomic E-state index is 13.8. The van der Waals surface area contributed by atoms with Crippen molar-refractivity contribution in [3.63, 3.8) is 0 Å². The lowest BCUT2D eigenvalue weighted by atomic mass is 9.93. The molecule has 1 aliphatic rings. The Balaban J connectivity index is 1.70. The van der Waals surface area contributed by atoms with Crippen LogP contribution >= 0.6 is 11.6 Å². The summed E-state index contributed by atoms with van der Waals surface area (Å²) in [6.07, 6.45) is 6.83. The van der Waals surface area contributed by atoms with Crippen LogP contribution < -0.4 is 5.56 Å². The van der Waals surface area contributed by atoms with Gasteiger partial charge in [-0.15, -0.1) is 0 Å². The van der Waals surface area contributed by atoms with Crippen LogP contribution in [0.1, 0.15) is 31.0 Å². The third-order valence-electron chi connectivity index (χ3n) is 4.29. The van der Waals surface area contributed by atoms with Gasteiger partial charge in [0.1, 0.15) is 5.52 Å². The van der Waals surface area contributed by atoms with Crippen LogP contribution in [0, 0.1) is 5.82 Å². The molecule has 0 amide bonds. The summed E-state index contributed by atoms with van der Waals surface area (Å²) in [5, 5.41) is 4.87. The van der Waals surface area contributed by atoms with Gasteiger partial charge in [0.2, 0.25) is 0 Å². The molecule has 1 aliphatic carbocycles. The molecule has 0 atom stereocenters. The molecule has 2 aromatic heterocycles. The zero-order chi connectivity index (χ0) is 16.0. The Labute approximate surface area is 136 Å². The molecule has 0 radical (unpaired) electrons. The normalized spacial score (nSPS) is 15.0. The fourth-order valence-electron chi connectivity index (χ4n) is 2.80. The van der Waals surface area contributed by atoms with E-state index in [1.165, 1.54) is 23.4 Å².